The lowest BCUT2D eigenvalue weighted by Gasteiger charge is -2.44. The number of hydrogen-bond donors (Lipinski definition) is 1. The number of pyridine rings is 1. The quantitative estimate of drug-likeness (QED) is 0.884. The molecule has 1 aromatic carbocycles. The molecule has 5 nitrogen and oxygen atoms in total. The standard InChI is InChI=1S/C22H29N3O2/c26-21-10-14-25(20-9-2-1-7-18(20)21)15-11-22(27)23-16-17-6-5-13-24-12-4-3-8-19(17)24/h1-2,7,9-10,14,17,19H,3-6,8,11-13,15-16H2,(H,23,27)/t17-,19-/m1/s1. The summed E-state index contributed by atoms with van der Waals surface area (Å²) in [5.41, 5.74) is 0.920. The first-order valence-corrected chi connectivity index (χ1v) is 10.3. The van der Waals surface area contributed by atoms with Gasteiger partial charge >= 0.3 is 0 Å². The molecule has 1 amide bonds. The second-order valence-electron chi connectivity index (χ2n) is 7.95. The molecule has 2 fully saturated rings. The fourth-order valence-electron chi connectivity index (χ4n) is 4.83. The zero-order chi connectivity index (χ0) is 18.6. The third kappa shape index (κ3) is 4.08. The van der Waals surface area contributed by atoms with Crippen LogP contribution in [0.1, 0.15) is 38.5 Å². The van der Waals surface area contributed by atoms with Gasteiger partial charge in [-0.3, -0.25) is 9.59 Å². The number of piperidine rings is 2. The lowest BCUT2D eigenvalue weighted by molar-refractivity contribution is -0.121. The largest absolute Gasteiger partial charge is 0.356 e. The van der Waals surface area contributed by atoms with Gasteiger partial charge in [0.1, 0.15) is 0 Å². The number of nitrogens with zero attached hydrogens (tertiary/aromatic N) is 2. The van der Waals surface area contributed by atoms with Crippen LogP contribution >= 0.6 is 0 Å². The average molecular weight is 367 g/mol. The fraction of sp³-hybridized carbons (Fsp3) is 0.545. The Morgan fingerprint density at radius 2 is 1.93 bits per heavy atom. The highest BCUT2D eigenvalue weighted by Gasteiger charge is 2.32. The maximum Gasteiger partial charge on any atom is 0.221 e. The molecule has 0 saturated carbocycles. The summed E-state index contributed by atoms with van der Waals surface area (Å²) in [5, 5.41) is 3.88. The Kier molecular flexibility index (Phi) is 5.58. The Hall–Kier alpha value is -2.14. The minimum Gasteiger partial charge on any atom is -0.356 e. The third-order valence-electron chi connectivity index (χ3n) is 6.25. The van der Waals surface area contributed by atoms with Crippen molar-refractivity contribution in [2.75, 3.05) is 19.6 Å². The van der Waals surface area contributed by atoms with Crippen LogP contribution in [0.25, 0.3) is 10.9 Å². The lowest BCUT2D eigenvalue weighted by atomic mass is 9.83. The normalized spacial score (nSPS) is 23.1. The van der Waals surface area contributed by atoms with Crippen molar-refractivity contribution in [2.45, 2.75) is 51.1 Å². The summed E-state index contributed by atoms with van der Waals surface area (Å²) < 4.78 is 2.00. The number of para-hydroxylation sites is 1. The summed E-state index contributed by atoms with van der Waals surface area (Å²) in [6.45, 7) is 3.85. The van der Waals surface area contributed by atoms with Crippen molar-refractivity contribution >= 4 is 16.8 Å². The minimum absolute atomic E-state index is 0.0284. The van der Waals surface area contributed by atoms with Crippen molar-refractivity contribution in [3.05, 3.63) is 46.8 Å². The van der Waals surface area contributed by atoms with Gasteiger partial charge in [-0.2, -0.15) is 0 Å². The maximum absolute atomic E-state index is 12.4. The molecule has 2 saturated heterocycles. The molecule has 1 aromatic heterocycles. The second kappa shape index (κ2) is 8.26. The SMILES string of the molecule is O=C(CCn1ccc(=O)c2ccccc21)NC[C@H]1CCCN2CCCC[C@H]12. The molecule has 1 N–H and O–H groups in total. The zero-order valence-electron chi connectivity index (χ0n) is 15.9. The summed E-state index contributed by atoms with van der Waals surface area (Å²) in [5.74, 6) is 0.696. The van der Waals surface area contributed by atoms with Crippen LogP contribution in [0.4, 0.5) is 0 Å². The van der Waals surface area contributed by atoms with Crippen LogP contribution in [-0.2, 0) is 11.3 Å². The van der Waals surface area contributed by atoms with Crippen LogP contribution in [-0.4, -0.2) is 41.1 Å². The zero-order valence-corrected chi connectivity index (χ0v) is 15.9. The predicted molar refractivity (Wildman–Crippen MR) is 108 cm³/mol. The third-order valence-corrected chi connectivity index (χ3v) is 6.25. The van der Waals surface area contributed by atoms with Gasteiger partial charge in [0.05, 0.1) is 5.52 Å². The molecule has 2 aromatic rings. The molecule has 0 aliphatic carbocycles. The molecule has 0 bridgehead atoms. The number of hydrogen-bond acceptors (Lipinski definition) is 3. The molecular weight excluding hydrogens is 338 g/mol. The average Bonchev–Trinajstić information content (AvgIpc) is 2.72. The van der Waals surface area contributed by atoms with E-state index >= 15 is 0 Å². The molecule has 0 radical (unpaired) electrons. The van der Waals surface area contributed by atoms with Gasteiger partial charge in [-0.05, 0) is 56.8 Å². The number of nitrogens with one attached hydrogen (secondary N) is 1. The lowest BCUT2D eigenvalue weighted by Crippen LogP contribution is -2.51. The van der Waals surface area contributed by atoms with E-state index in [1.54, 1.807) is 12.3 Å². The van der Waals surface area contributed by atoms with Crippen molar-refractivity contribution in [1.82, 2.24) is 14.8 Å². The highest BCUT2D eigenvalue weighted by molar-refractivity contribution is 5.79. The topological polar surface area (TPSA) is 54.3 Å². The number of carbonyl (C=O) groups excluding carboxylic acids is 1. The molecule has 0 spiro atoms. The molecule has 3 heterocycles. The summed E-state index contributed by atoms with van der Waals surface area (Å²) in [4.78, 5) is 27.0. The van der Waals surface area contributed by atoms with Crippen LogP contribution < -0.4 is 10.7 Å². The minimum atomic E-state index is 0.0284. The smallest absolute Gasteiger partial charge is 0.221 e. The van der Waals surface area contributed by atoms with Crippen LogP contribution in [0.5, 0.6) is 0 Å². The van der Waals surface area contributed by atoms with E-state index in [4.69, 9.17) is 0 Å². The van der Waals surface area contributed by atoms with Crippen LogP contribution in [0.15, 0.2) is 41.3 Å². The Balaban J connectivity index is 1.33. The first-order chi connectivity index (χ1) is 13.2. The Labute approximate surface area is 160 Å². The highest BCUT2D eigenvalue weighted by atomic mass is 16.1. The molecule has 2 aliphatic rings. The van der Waals surface area contributed by atoms with Crippen LogP contribution in [0, 0.1) is 5.92 Å². The molecular formula is C22H29N3O2. The molecule has 0 unspecified atom stereocenters. The number of amides is 1. The summed E-state index contributed by atoms with van der Waals surface area (Å²) >= 11 is 0. The van der Waals surface area contributed by atoms with Crippen molar-refractivity contribution in [3.63, 3.8) is 0 Å². The number of benzene rings is 1. The molecule has 144 valence electrons. The van der Waals surface area contributed by atoms with Crippen LogP contribution in [0.2, 0.25) is 0 Å². The molecule has 27 heavy (non-hydrogen) atoms. The van der Waals surface area contributed by atoms with E-state index in [0.717, 1.165) is 12.1 Å². The first-order valence-electron chi connectivity index (χ1n) is 10.3. The van der Waals surface area contributed by atoms with Gasteiger partial charge in [0.2, 0.25) is 5.91 Å². The van der Waals surface area contributed by atoms with E-state index in [-0.39, 0.29) is 11.3 Å². The van der Waals surface area contributed by atoms with Crippen molar-refractivity contribution in [2.24, 2.45) is 5.92 Å². The van der Waals surface area contributed by atoms with Crippen molar-refractivity contribution in [1.29, 1.82) is 0 Å². The number of carbonyl (C=O) groups is 1. The number of rotatable bonds is 5. The van der Waals surface area contributed by atoms with Gasteiger partial charge in [0, 0.05) is 43.2 Å². The monoisotopic (exact) mass is 367 g/mol. The molecule has 4 rings (SSSR count). The van der Waals surface area contributed by atoms with E-state index < -0.39 is 0 Å². The molecule has 5 heteroatoms. The predicted octanol–water partition coefficient (Wildman–Crippen LogP) is 2.77. The van der Waals surface area contributed by atoms with E-state index in [1.807, 2.05) is 28.8 Å². The Morgan fingerprint density at radius 3 is 2.85 bits per heavy atom. The second-order valence-corrected chi connectivity index (χ2v) is 7.95. The molecule has 2 aliphatic heterocycles. The van der Waals surface area contributed by atoms with Crippen molar-refractivity contribution in [3.8, 4) is 0 Å². The van der Waals surface area contributed by atoms with E-state index in [1.165, 1.54) is 45.2 Å². The van der Waals surface area contributed by atoms with Gasteiger partial charge in [-0.25, -0.2) is 0 Å². The number of aryl methyl sites for hydroxylation is 1. The van der Waals surface area contributed by atoms with Gasteiger partial charge in [-0.1, -0.05) is 18.6 Å². The van der Waals surface area contributed by atoms with E-state index in [0.29, 0.717) is 30.3 Å². The van der Waals surface area contributed by atoms with Crippen molar-refractivity contribution < 1.29 is 4.79 Å². The number of fused-ring (bicyclic) bond motifs is 2. The highest BCUT2D eigenvalue weighted by Crippen LogP contribution is 2.30. The Bertz CT molecular complexity index is 858. The van der Waals surface area contributed by atoms with E-state index in [2.05, 4.69) is 10.2 Å². The van der Waals surface area contributed by atoms with Gasteiger partial charge in [-0.15, -0.1) is 0 Å². The van der Waals surface area contributed by atoms with Gasteiger partial charge in [0.15, 0.2) is 5.43 Å². The summed E-state index contributed by atoms with van der Waals surface area (Å²) in [6.07, 6.45) is 8.64. The van der Waals surface area contributed by atoms with E-state index in [9.17, 15) is 9.59 Å². The Morgan fingerprint density at radius 1 is 1.07 bits per heavy atom. The molecule has 2 atom stereocenters. The van der Waals surface area contributed by atoms with Gasteiger partial charge < -0.3 is 14.8 Å². The maximum atomic E-state index is 12.4. The van der Waals surface area contributed by atoms with Gasteiger partial charge in [0.25, 0.3) is 0 Å². The summed E-state index contributed by atoms with van der Waals surface area (Å²) in [6, 6.07) is 9.83. The fourth-order valence-corrected chi connectivity index (χ4v) is 4.83. The number of aromatic nitrogens is 1. The first kappa shape index (κ1) is 18.2. The van der Waals surface area contributed by atoms with Crippen LogP contribution in [0.3, 0.4) is 0 Å². The summed E-state index contributed by atoms with van der Waals surface area (Å²) in [7, 11) is 0.